The predicted octanol–water partition coefficient (Wildman–Crippen LogP) is 6.71. The second-order valence-corrected chi connectivity index (χ2v) is 13.1. The Bertz CT molecular complexity index is 1890. The number of anilines is 1. The Morgan fingerprint density at radius 1 is 0.872 bits per heavy atom. The smallest absolute Gasteiger partial charge is 0.265 e. The number of hydrazone groups is 1. The monoisotopic (exact) mass is 765 g/mol. The summed E-state index contributed by atoms with van der Waals surface area (Å²) in [6.45, 7) is -0.467. The molecule has 47 heavy (non-hydrogen) atoms. The summed E-state index contributed by atoms with van der Waals surface area (Å²) in [6.07, 6.45) is 1.37. The second-order valence-electron chi connectivity index (χ2n) is 9.55. The predicted molar refractivity (Wildman–Crippen MR) is 184 cm³/mol. The molecule has 248 valence electrons. The first-order valence-corrected chi connectivity index (χ1v) is 16.6. The van der Waals surface area contributed by atoms with Gasteiger partial charge in [-0.2, -0.15) is 5.10 Å². The zero-order valence-corrected chi connectivity index (χ0v) is 29.5. The van der Waals surface area contributed by atoms with E-state index in [1.54, 1.807) is 18.2 Å². The van der Waals surface area contributed by atoms with Crippen LogP contribution in [0.5, 0.6) is 28.7 Å². The molecule has 0 spiro atoms. The molecule has 0 bridgehead atoms. The molecule has 0 radical (unpaired) electrons. The summed E-state index contributed by atoms with van der Waals surface area (Å²) in [5.41, 5.74) is 3.76. The van der Waals surface area contributed by atoms with E-state index in [0.29, 0.717) is 32.3 Å². The lowest BCUT2D eigenvalue weighted by molar-refractivity contribution is -0.119. The van der Waals surface area contributed by atoms with Gasteiger partial charge in [-0.3, -0.25) is 9.10 Å². The van der Waals surface area contributed by atoms with Crippen LogP contribution < -0.4 is 33.4 Å². The summed E-state index contributed by atoms with van der Waals surface area (Å²) in [7, 11) is 1.30. The summed E-state index contributed by atoms with van der Waals surface area (Å²) >= 11 is 16.0. The number of carbonyl (C=O) groups excluding carboxylic acids is 1. The maximum atomic E-state index is 14.0. The Labute approximate surface area is 291 Å². The summed E-state index contributed by atoms with van der Waals surface area (Å²) in [5.74, 6) is 0.775. The zero-order valence-electron chi connectivity index (χ0n) is 25.6. The van der Waals surface area contributed by atoms with Crippen molar-refractivity contribution in [2.45, 2.75) is 11.5 Å². The van der Waals surface area contributed by atoms with Crippen LogP contribution in [-0.4, -0.2) is 55.5 Å². The van der Waals surface area contributed by atoms with Crippen LogP contribution in [0.3, 0.4) is 0 Å². The molecule has 4 aromatic rings. The highest BCUT2D eigenvalue weighted by atomic mass is 79.9. The van der Waals surface area contributed by atoms with Gasteiger partial charge in [-0.15, -0.1) is 0 Å². The maximum Gasteiger partial charge on any atom is 0.265 e. The molecule has 1 amide bonds. The molecular weight excluding hydrogens is 737 g/mol. The van der Waals surface area contributed by atoms with E-state index in [4.69, 9.17) is 46.9 Å². The maximum absolute atomic E-state index is 14.0. The van der Waals surface area contributed by atoms with E-state index in [2.05, 4.69) is 26.5 Å². The van der Waals surface area contributed by atoms with Crippen molar-refractivity contribution in [3.05, 3.63) is 98.4 Å². The molecule has 4 rings (SSSR count). The van der Waals surface area contributed by atoms with Gasteiger partial charge in [0.05, 0.1) is 49.7 Å². The van der Waals surface area contributed by atoms with Crippen molar-refractivity contribution in [2.75, 3.05) is 39.3 Å². The van der Waals surface area contributed by atoms with E-state index >= 15 is 0 Å². The average molecular weight is 767 g/mol. The van der Waals surface area contributed by atoms with Gasteiger partial charge in [0.25, 0.3) is 15.9 Å². The van der Waals surface area contributed by atoms with Crippen molar-refractivity contribution in [3.63, 3.8) is 0 Å². The average Bonchev–Trinajstić information content (AvgIpc) is 3.06. The van der Waals surface area contributed by atoms with Crippen molar-refractivity contribution < 1.29 is 36.9 Å². The molecule has 0 aliphatic rings. The molecule has 0 aromatic heterocycles. The fourth-order valence-electron chi connectivity index (χ4n) is 4.33. The largest absolute Gasteiger partial charge is 0.495 e. The Hall–Kier alpha value is -4.17. The highest BCUT2D eigenvalue weighted by Gasteiger charge is 2.31. The quantitative estimate of drug-likeness (QED) is 0.111. The molecule has 1 N–H and O–H groups in total. The van der Waals surface area contributed by atoms with Gasteiger partial charge in [0, 0.05) is 21.7 Å². The van der Waals surface area contributed by atoms with Crippen LogP contribution >= 0.6 is 39.1 Å². The van der Waals surface area contributed by atoms with Gasteiger partial charge in [0.15, 0.2) is 23.0 Å². The topological polar surface area (TPSA) is 125 Å². The summed E-state index contributed by atoms with van der Waals surface area (Å²) < 4.78 is 56.8. The van der Waals surface area contributed by atoms with Crippen LogP contribution in [0.15, 0.2) is 87.3 Å². The highest BCUT2D eigenvalue weighted by Crippen LogP contribution is 2.38. The SMILES string of the molecule is COc1ccc(S(=O)(=O)N(CC(=O)N/N=C\c2cc(Br)c(OCc3ccccc3Cl)c(OC)c2)c2cc(Cl)ccc2OC)cc1OC. The lowest BCUT2D eigenvalue weighted by Crippen LogP contribution is -2.39. The van der Waals surface area contributed by atoms with Gasteiger partial charge in [-0.05, 0) is 70.0 Å². The molecule has 15 heteroatoms. The Morgan fingerprint density at radius 3 is 2.23 bits per heavy atom. The minimum atomic E-state index is -4.38. The molecular formula is C32H30BrCl2N3O8S. The van der Waals surface area contributed by atoms with Crippen molar-refractivity contribution in [1.82, 2.24) is 5.43 Å². The second kappa shape index (κ2) is 16.1. The van der Waals surface area contributed by atoms with Crippen molar-refractivity contribution >= 4 is 67.0 Å². The van der Waals surface area contributed by atoms with Crippen LogP contribution in [-0.2, 0) is 21.4 Å². The van der Waals surface area contributed by atoms with Crippen molar-refractivity contribution in [3.8, 4) is 28.7 Å². The number of amides is 1. The lowest BCUT2D eigenvalue weighted by Gasteiger charge is -2.25. The molecule has 0 saturated heterocycles. The minimum absolute atomic E-state index is 0.0370. The third-order valence-corrected chi connectivity index (χ3v) is 9.57. The zero-order chi connectivity index (χ0) is 34.1. The van der Waals surface area contributed by atoms with E-state index in [-0.39, 0.29) is 33.7 Å². The van der Waals surface area contributed by atoms with Gasteiger partial charge in [-0.1, -0.05) is 41.4 Å². The van der Waals surface area contributed by atoms with Crippen molar-refractivity contribution in [1.29, 1.82) is 0 Å². The third kappa shape index (κ3) is 8.60. The molecule has 0 atom stereocenters. The van der Waals surface area contributed by atoms with Gasteiger partial charge >= 0.3 is 0 Å². The molecule has 0 saturated carbocycles. The number of nitrogens with one attached hydrogen (secondary N) is 1. The first kappa shape index (κ1) is 35.7. The summed E-state index contributed by atoms with van der Waals surface area (Å²) in [4.78, 5) is 13.0. The molecule has 0 heterocycles. The standard InChI is InChI=1S/C32H30BrCl2N3O8S/c1-42-27-11-9-22(34)15-26(27)38(47(40,41)23-10-12-28(43-2)29(16-23)44-3)18-31(39)37-36-17-20-13-24(33)32(30(14-20)45-4)46-19-21-7-5-6-8-25(21)35/h5-17H,18-19H2,1-4H3,(H,37,39)/b36-17-. The van der Waals surface area contributed by atoms with Crippen LogP contribution in [0.2, 0.25) is 10.0 Å². The number of sulfonamides is 1. The van der Waals surface area contributed by atoms with Gasteiger partial charge in [0.1, 0.15) is 18.9 Å². The third-order valence-electron chi connectivity index (χ3n) is 6.62. The lowest BCUT2D eigenvalue weighted by atomic mass is 10.2. The number of halogens is 3. The Kier molecular flexibility index (Phi) is 12.2. The van der Waals surface area contributed by atoms with Crippen LogP contribution in [0.4, 0.5) is 5.69 Å². The molecule has 4 aromatic carbocycles. The van der Waals surface area contributed by atoms with E-state index < -0.39 is 22.5 Å². The Morgan fingerprint density at radius 2 is 1.55 bits per heavy atom. The number of ether oxygens (including phenoxy) is 5. The number of benzene rings is 4. The number of hydrogen-bond donors (Lipinski definition) is 1. The van der Waals surface area contributed by atoms with Crippen LogP contribution in [0.25, 0.3) is 0 Å². The van der Waals surface area contributed by atoms with Gasteiger partial charge in [0.2, 0.25) is 0 Å². The highest BCUT2D eigenvalue weighted by molar-refractivity contribution is 9.10. The number of carbonyl (C=O) groups is 1. The fraction of sp³-hybridized carbons (Fsp3) is 0.188. The molecule has 0 unspecified atom stereocenters. The Balaban J connectivity index is 1.57. The first-order valence-electron chi connectivity index (χ1n) is 13.7. The van der Waals surface area contributed by atoms with E-state index in [1.807, 2.05) is 18.2 Å². The number of rotatable bonds is 14. The summed E-state index contributed by atoms with van der Waals surface area (Å²) in [6, 6.07) is 19.2. The number of methoxy groups -OCH3 is 4. The first-order chi connectivity index (χ1) is 22.5. The number of nitrogens with zero attached hydrogens (tertiary/aromatic N) is 2. The van der Waals surface area contributed by atoms with Gasteiger partial charge < -0.3 is 23.7 Å². The van der Waals surface area contributed by atoms with Crippen molar-refractivity contribution in [2.24, 2.45) is 5.10 Å². The summed E-state index contributed by atoms with van der Waals surface area (Å²) in [5, 5.41) is 4.83. The fourth-order valence-corrected chi connectivity index (χ4v) is 6.70. The number of hydrogen-bond acceptors (Lipinski definition) is 9. The molecule has 0 aliphatic heterocycles. The van der Waals surface area contributed by atoms with Crippen LogP contribution in [0.1, 0.15) is 11.1 Å². The van der Waals surface area contributed by atoms with Gasteiger partial charge in [-0.25, -0.2) is 13.8 Å². The van der Waals surface area contributed by atoms with E-state index in [0.717, 1.165) is 9.87 Å². The molecule has 0 aliphatic carbocycles. The minimum Gasteiger partial charge on any atom is -0.495 e. The molecule has 0 fully saturated rings. The van der Waals surface area contributed by atoms with E-state index in [9.17, 15) is 13.2 Å². The van der Waals surface area contributed by atoms with E-state index in [1.165, 1.54) is 71.1 Å². The molecule has 11 nitrogen and oxygen atoms in total. The van der Waals surface area contributed by atoms with Crippen LogP contribution in [0, 0.1) is 0 Å². The normalized spacial score (nSPS) is 11.2.